The van der Waals surface area contributed by atoms with Crippen LogP contribution < -0.4 is 9.47 Å². The van der Waals surface area contributed by atoms with Gasteiger partial charge < -0.3 is 9.47 Å². The van der Waals surface area contributed by atoms with E-state index in [9.17, 15) is 10.1 Å². The molecule has 1 atom stereocenters. The highest BCUT2D eigenvalue weighted by molar-refractivity contribution is 7.99. The molecular weight excluding hydrogens is 535 g/mol. The zero-order valence-corrected chi connectivity index (χ0v) is 22.5. The van der Waals surface area contributed by atoms with Crippen LogP contribution in [-0.4, -0.2) is 32.8 Å². The smallest absolute Gasteiger partial charge is 0.220 e. The van der Waals surface area contributed by atoms with Crippen LogP contribution in [0.5, 0.6) is 11.5 Å². The molecule has 0 amide bonds. The number of thioether (sulfide) groups is 1. The van der Waals surface area contributed by atoms with Crippen molar-refractivity contribution in [3.05, 3.63) is 104 Å². The van der Waals surface area contributed by atoms with Gasteiger partial charge in [0.2, 0.25) is 6.54 Å². The van der Waals surface area contributed by atoms with Gasteiger partial charge in [0.1, 0.15) is 17.7 Å². The van der Waals surface area contributed by atoms with E-state index in [1.54, 1.807) is 24.3 Å². The summed E-state index contributed by atoms with van der Waals surface area (Å²) >= 11 is 13.8. The van der Waals surface area contributed by atoms with Crippen LogP contribution in [0.3, 0.4) is 0 Å². The second-order valence-corrected chi connectivity index (χ2v) is 10.0. The van der Waals surface area contributed by atoms with Gasteiger partial charge in [0.05, 0.1) is 11.6 Å². The molecule has 0 unspecified atom stereocenters. The number of nitrogens with zero attached hydrogens (tertiary/aromatic N) is 4. The first-order valence-corrected chi connectivity index (χ1v) is 13.1. The average Bonchev–Trinajstić information content (AvgIpc) is 3.24. The molecule has 3 aromatic carbocycles. The van der Waals surface area contributed by atoms with Crippen molar-refractivity contribution in [1.29, 1.82) is 0 Å². The molecule has 0 saturated heterocycles. The van der Waals surface area contributed by atoms with E-state index in [0.717, 1.165) is 11.3 Å². The van der Waals surface area contributed by atoms with Gasteiger partial charge in [-0.15, -0.1) is 10.2 Å². The summed E-state index contributed by atoms with van der Waals surface area (Å²) in [5, 5.41) is 21.0. The Hall–Kier alpha value is -3.27. The normalized spacial score (nSPS) is 11.8. The Kier molecular flexibility index (Phi) is 8.91. The predicted octanol–water partition coefficient (Wildman–Crippen LogP) is 6.97. The van der Waals surface area contributed by atoms with Crippen molar-refractivity contribution >= 4 is 35.0 Å². The summed E-state index contributed by atoms with van der Waals surface area (Å²) < 4.78 is 13.7. The maximum absolute atomic E-state index is 11.6. The summed E-state index contributed by atoms with van der Waals surface area (Å²) in [4.78, 5) is 11.3. The van der Waals surface area contributed by atoms with Gasteiger partial charge in [-0.25, -0.2) is 0 Å². The zero-order valence-electron chi connectivity index (χ0n) is 20.1. The van der Waals surface area contributed by atoms with Crippen LogP contribution in [0.2, 0.25) is 10.0 Å². The Balaban J connectivity index is 1.66. The van der Waals surface area contributed by atoms with Gasteiger partial charge in [0.15, 0.2) is 16.7 Å². The van der Waals surface area contributed by atoms with Crippen molar-refractivity contribution in [2.75, 3.05) is 13.2 Å². The van der Waals surface area contributed by atoms with Crippen LogP contribution in [0.4, 0.5) is 0 Å². The Morgan fingerprint density at radius 2 is 1.78 bits per heavy atom. The maximum Gasteiger partial charge on any atom is 0.220 e. The van der Waals surface area contributed by atoms with E-state index in [-0.39, 0.29) is 18.1 Å². The number of hydrogen-bond acceptors (Lipinski definition) is 7. The van der Waals surface area contributed by atoms with Crippen LogP contribution in [0.25, 0.3) is 5.69 Å². The summed E-state index contributed by atoms with van der Waals surface area (Å²) in [5.74, 6) is 1.46. The Labute approximate surface area is 228 Å². The summed E-state index contributed by atoms with van der Waals surface area (Å²) in [7, 11) is 0. The lowest BCUT2D eigenvalue weighted by atomic mass is 10.1. The third kappa shape index (κ3) is 6.74. The lowest BCUT2D eigenvalue weighted by molar-refractivity contribution is -0.479. The number of aryl methyl sites for hydroxylation is 1. The maximum atomic E-state index is 11.6. The van der Waals surface area contributed by atoms with Crippen molar-refractivity contribution in [1.82, 2.24) is 14.8 Å². The summed E-state index contributed by atoms with van der Waals surface area (Å²) in [6.07, 6.45) is 0. The molecule has 0 aliphatic heterocycles. The number of benzene rings is 3. The first-order valence-electron chi connectivity index (χ1n) is 11.4. The first-order chi connectivity index (χ1) is 17.9. The third-order valence-electron chi connectivity index (χ3n) is 5.37. The number of hydrogen-bond donors (Lipinski definition) is 0. The van der Waals surface area contributed by atoms with E-state index in [1.807, 2.05) is 60.9 Å². The molecule has 0 radical (unpaired) electrons. The molecule has 0 N–H and O–H groups in total. The van der Waals surface area contributed by atoms with Crippen molar-refractivity contribution in [3.8, 4) is 17.2 Å². The van der Waals surface area contributed by atoms with Crippen LogP contribution in [-0.2, 0) is 6.61 Å². The third-order valence-corrected chi connectivity index (χ3v) is 7.09. The molecule has 1 aromatic heterocycles. The quantitative estimate of drug-likeness (QED) is 0.111. The lowest BCUT2D eigenvalue weighted by Gasteiger charge is -2.19. The number of rotatable bonds is 11. The summed E-state index contributed by atoms with van der Waals surface area (Å²) in [6.45, 7) is 3.95. The van der Waals surface area contributed by atoms with Crippen LogP contribution in [0, 0.1) is 17.0 Å². The molecule has 0 aliphatic rings. The lowest BCUT2D eigenvalue weighted by Crippen LogP contribution is -2.12. The minimum atomic E-state index is -0.608. The molecule has 1 heterocycles. The fourth-order valence-electron chi connectivity index (χ4n) is 3.68. The van der Waals surface area contributed by atoms with Gasteiger partial charge in [-0.1, -0.05) is 65.3 Å². The van der Waals surface area contributed by atoms with E-state index in [1.165, 1.54) is 11.8 Å². The molecule has 4 aromatic rings. The van der Waals surface area contributed by atoms with E-state index < -0.39 is 5.25 Å². The summed E-state index contributed by atoms with van der Waals surface area (Å²) in [5.41, 5.74) is 2.39. The van der Waals surface area contributed by atoms with E-state index in [2.05, 4.69) is 10.2 Å². The Bertz CT molecular complexity index is 1370. The van der Waals surface area contributed by atoms with Crippen molar-refractivity contribution in [3.63, 3.8) is 0 Å². The Morgan fingerprint density at radius 3 is 2.46 bits per heavy atom. The monoisotopic (exact) mass is 558 g/mol. The molecule has 37 heavy (non-hydrogen) atoms. The van der Waals surface area contributed by atoms with E-state index in [0.29, 0.717) is 44.7 Å². The highest BCUT2D eigenvalue weighted by Gasteiger charge is 2.26. The van der Waals surface area contributed by atoms with E-state index in [4.69, 9.17) is 32.7 Å². The molecule has 0 spiro atoms. The largest absolute Gasteiger partial charge is 0.490 e. The molecule has 0 fully saturated rings. The van der Waals surface area contributed by atoms with Gasteiger partial charge in [0.25, 0.3) is 0 Å². The van der Waals surface area contributed by atoms with Gasteiger partial charge in [-0.05, 0) is 61.4 Å². The fourth-order valence-corrected chi connectivity index (χ4v) is 5.23. The molecule has 0 aliphatic carbocycles. The van der Waals surface area contributed by atoms with E-state index >= 15 is 0 Å². The fraction of sp³-hybridized carbons (Fsp3) is 0.231. The van der Waals surface area contributed by atoms with Gasteiger partial charge in [-0.3, -0.25) is 14.7 Å². The second kappa shape index (κ2) is 12.3. The minimum Gasteiger partial charge on any atom is -0.490 e. The van der Waals surface area contributed by atoms with Gasteiger partial charge in [0, 0.05) is 15.6 Å². The van der Waals surface area contributed by atoms with Crippen LogP contribution in [0.1, 0.15) is 29.1 Å². The number of ether oxygens (including phenoxy) is 2. The number of aromatic nitrogens is 3. The number of halogens is 2. The van der Waals surface area contributed by atoms with Crippen molar-refractivity contribution < 1.29 is 14.4 Å². The standard InChI is InChI=1S/C26H24Cl2N4O4S/c1-3-35-23-14-19(13-22(28)25(23)36-16-18-9-11-20(27)12-10-18)24(15-31(33)34)37-26-30-29-17(2)32(26)21-7-5-4-6-8-21/h4-14,24H,3,15-16H2,1-2H3/t24-/m0/s1. The van der Waals surface area contributed by atoms with Crippen molar-refractivity contribution in [2.45, 2.75) is 30.9 Å². The zero-order chi connectivity index (χ0) is 26.4. The second-order valence-electron chi connectivity index (χ2n) is 8.00. The molecule has 0 bridgehead atoms. The summed E-state index contributed by atoms with van der Waals surface area (Å²) in [6, 6.07) is 20.3. The van der Waals surface area contributed by atoms with Gasteiger partial charge >= 0.3 is 0 Å². The molecule has 0 saturated carbocycles. The SMILES string of the molecule is CCOc1cc([C@H](C[N+](=O)[O-])Sc2nnc(C)n2-c2ccccc2)cc(Cl)c1OCc1ccc(Cl)cc1. The molecular formula is C26H24Cl2N4O4S. The highest BCUT2D eigenvalue weighted by Crippen LogP contribution is 2.43. The van der Waals surface area contributed by atoms with Crippen molar-refractivity contribution in [2.24, 2.45) is 0 Å². The predicted molar refractivity (Wildman–Crippen MR) is 145 cm³/mol. The van der Waals surface area contributed by atoms with Crippen LogP contribution >= 0.6 is 35.0 Å². The Morgan fingerprint density at radius 1 is 1.05 bits per heavy atom. The molecule has 11 heteroatoms. The molecule has 192 valence electrons. The highest BCUT2D eigenvalue weighted by atomic mass is 35.5. The number of para-hydroxylation sites is 1. The first kappa shape index (κ1) is 26.8. The number of nitro groups is 1. The topological polar surface area (TPSA) is 92.3 Å². The van der Waals surface area contributed by atoms with Gasteiger partial charge in [-0.2, -0.15) is 0 Å². The van der Waals surface area contributed by atoms with Crippen LogP contribution in [0.15, 0.2) is 71.9 Å². The molecule has 8 nitrogen and oxygen atoms in total. The minimum absolute atomic E-state index is 0.253. The molecule has 4 rings (SSSR count). The average molecular weight is 559 g/mol.